The van der Waals surface area contributed by atoms with Crippen molar-refractivity contribution in [1.82, 2.24) is 14.9 Å². The lowest BCUT2D eigenvalue weighted by atomic mass is 10.3. The van der Waals surface area contributed by atoms with Gasteiger partial charge in [0.05, 0.1) is 0 Å². The highest BCUT2D eigenvalue weighted by atomic mass is 35.5. The van der Waals surface area contributed by atoms with E-state index in [0.29, 0.717) is 11.5 Å². The third kappa shape index (κ3) is 2.61. The summed E-state index contributed by atoms with van der Waals surface area (Å²) in [6, 6.07) is 0. The second-order valence-corrected chi connectivity index (χ2v) is 4.36. The average Bonchev–Trinajstić information content (AvgIpc) is 2.30. The summed E-state index contributed by atoms with van der Waals surface area (Å²) in [6.45, 7) is 3.89. The minimum Gasteiger partial charge on any atom is -0.373 e. The molecule has 2 heterocycles. The van der Waals surface area contributed by atoms with Crippen molar-refractivity contribution in [2.24, 2.45) is 0 Å². The average molecular weight is 243 g/mol. The Morgan fingerprint density at radius 3 is 2.31 bits per heavy atom. The second kappa shape index (κ2) is 4.95. The molecule has 6 heteroatoms. The van der Waals surface area contributed by atoms with Crippen LogP contribution in [0, 0.1) is 0 Å². The number of nitrogens with zero attached hydrogens (tertiary/aromatic N) is 4. The van der Waals surface area contributed by atoms with Gasteiger partial charge in [0.2, 0.25) is 5.95 Å². The molecule has 1 atom stereocenters. The van der Waals surface area contributed by atoms with Gasteiger partial charge in [-0.15, -0.1) is 0 Å². The van der Waals surface area contributed by atoms with Crippen LogP contribution in [0.25, 0.3) is 0 Å². The quantitative estimate of drug-likeness (QED) is 0.764. The Morgan fingerprint density at radius 2 is 1.81 bits per heavy atom. The highest BCUT2D eigenvalue weighted by molar-refractivity contribution is 6.19. The number of halogens is 1. The van der Waals surface area contributed by atoms with E-state index in [2.05, 4.69) is 26.8 Å². The van der Waals surface area contributed by atoms with E-state index >= 15 is 0 Å². The molecule has 5 nitrogen and oxygen atoms in total. The Kier molecular flexibility index (Phi) is 3.58. The van der Waals surface area contributed by atoms with Gasteiger partial charge in [-0.3, -0.25) is 0 Å². The Balaban J connectivity index is 2.04. The van der Waals surface area contributed by atoms with Crippen molar-refractivity contribution in [1.29, 1.82) is 0 Å². The topological polar surface area (TPSA) is 52.5 Å². The van der Waals surface area contributed by atoms with Crippen molar-refractivity contribution >= 4 is 17.5 Å². The summed E-state index contributed by atoms with van der Waals surface area (Å²) < 4.78 is 0. The Hall–Kier alpha value is -0.910. The highest BCUT2D eigenvalue weighted by Crippen LogP contribution is 2.16. The fourth-order valence-corrected chi connectivity index (χ4v) is 1.74. The Labute approximate surface area is 99.7 Å². The minimum atomic E-state index is -1.03. The van der Waals surface area contributed by atoms with Gasteiger partial charge in [-0.2, -0.15) is 0 Å². The molecule has 1 aromatic rings. The maximum Gasteiger partial charge on any atom is 0.225 e. The van der Waals surface area contributed by atoms with Gasteiger partial charge in [-0.1, -0.05) is 11.6 Å². The molecule has 0 saturated carbocycles. The third-order valence-corrected chi connectivity index (χ3v) is 2.97. The first-order valence-electron chi connectivity index (χ1n) is 5.24. The number of likely N-dealkylation sites (N-methyl/N-ethyl adjacent to an activating group) is 1. The summed E-state index contributed by atoms with van der Waals surface area (Å²) in [7, 11) is 2.10. The molecule has 0 bridgehead atoms. The van der Waals surface area contributed by atoms with Crippen LogP contribution in [-0.4, -0.2) is 53.2 Å². The molecule has 0 spiro atoms. The van der Waals surface area contributed by atoms with E-state index in [1.165, 1.54) is 0 Å². The molecule has 1 aromatic heterocycles. The van der Waals surface area contributed by atoms with Crippen LogP contribution in [0.1, 0.15) is 11.1 Å². The third-order valence-electron chi connectivity index (χ3n) is 2.72. The molecule has 0 radical (unpaired) electrons. The van der Waals surface area contributed by atoms with Crippen LogP contribution in [0.3, 0.4) is 0 Å². The zero-order chi connectivity index (χ0) is 11.5. The number of alkyl halides is 1. The highest BCUT2D eigenvalue weighted by Gasteiger charge is 2.16. The maximum atomic E-state index is 9.12. The molecule has 1 aliphatic rings. The van der Waals surface area contributed by atoms with E-state index in [0.717, 1.165) is 26.2 Å². The van der Waals surface area contributed by atoms with Crippen molar-refractivity contribution < 1.29 is 5.11 Å². The zero-order valence-corrected chi connectivity index (χ0v) is 9.93. The predicted octanol–water partition coefficient (Wildman–Crippen LogP) is 0.458. The molecule has 0 amide bonds. The van der Waals surface area contributed by atoms with Crippen molar-refractivity contribution in [3.8, 4) is 0 Å². The van der Waals surface area contributed by atoms with E-state index < -0.39 is 5.56 Å². The molecule has 0 aliphatic carbocycles. The SMILES string of the molecule is CN1CCN(c2ncc(C(O)Cl)cn2)CC1. The number of hydrogen-bond acceptors (Lipinski definition) is 5. The van der Waals surface area contributed by atoms with Gasteiger partial charge >= 0.3 is 0 Å². The van der Waals surface area contributed by atoms with Crippen LogP contribution in [0.4, 0.5) is 5.95 Å². The van der Waals surface area contributed by atoms with Gasteiger partial charge in [-0.05, 0) is 7.05 Å². The Morgan fingerprint density at radius 1 is 1.25 bits per heavy atom. The summed E-state index contributed by atoms with van der Waals surface area (Å²) >= 11 is 5.52. The van der Waals surface area contributed by atoms with Crippen molar-refractivity contribution in [2.45, 2.75) is 5.56 Å². The summed E-state index contributed by atoms with van der Waals surface area (Å²) in [5.74, 6) is 0.703. The van der Waals surface area contributed by atoms with Gasteiger partial charge < -0.3 is 14.9 Å². The van der Waals surface area contributed by atoms with Gasteiger partial charge in [0, 0.05) is 44.1 Å². The zero-order valence-electron chi connectivity index (χ0n) is 9.17. The molecule has 1 N–H and O–H groups in total. The van der Waals surface area contributed by atoms with Crippen LogP contribution in [0.5, 0.6) is 0 Å². The van der Waals surface area contributed by atoms with Crippen molar-refractivity contribution in [3.05, 3.63) is 18.0 Å². The number of aliphatic hydroxyl groups excluding tert-OH is 1. The molecule has 0 aromatic carbocycles. The number of aliphatic hydroxyl groups is 1. The van der Waals surface area contributed by atoms with Crippen molar-refractivity contribution in [2.75, 3.05) is 38.1 Å². The van der Waals surface area contributed by atoms with E-state index in [1.807, 2.05) is 0 Å². The van der Waals surface area contributed by atoms with Gasteiger partial charge in [0.1, 0.15) is 0 Å². The van der Waals surface area contributed by atoms with E-state index in [9.17, 15) is 0 Å². The first-order chi connectivity index (χ1) is 7.66. The summed E-state index contributed by atoms with van der Waals surface area (Å²) in [5, 5.41) is 9.12. The van der Waals surface area contributed by atoms with Crippen LogP contribution in [0.2, 0.25) is 0 Å². The standard InChI is InChI=1S/C10H15ClN4O/c1-14-2-4-15(5-3-14)10-12-6-8(7-13-10)9(11)16/h6-7,9,16H,2-5H2,1H3. The van der Waals surface area contributed by atoms with E-state index in [-0.39, 0.29) is 0 Å². The number of aromatic nitrogens is 2. The minimum absolute atomic E-state index is 0.527. The lowest BCUT2D eigenvalue weighted by molar-refractivity contribution is 0.262. The number of rotatable bonds is 2. The van der Waals surface area contributed by atoms with Crippen LogP contribution in [-0.2, 0) is 0 Å². The van der Waals surface area contributed by atoms with E-state index in [1.54, 1.807) is 12.4 Å². The van der Waals surface area contributed by atoms with Gasteiger partial charge in [0.15, 0.2) is 5.56 Å². The fourth-order valence-electron chi connectivity index (χ4n) is 1.62. The molecule has 1 aliphatic heterocycles. The lowest BCUT2D eigenvalue weighted by Crippen LogP contribution is -2.45. The molecular weight excluding hydrogens is 228 g/mol. The molecule has 1 unspecified atom stereocenters. The number of anilines is 1. The van der Waals surface area contributed by atoms with Crippen LogP contribution < -0.4 is 4.90 Å². The molecule has 16 heavy (non-hydrogen) atoms. The first-order valence-corrected chi connectivity index (χ1v) is 5.68. The lowest BCUT2D eigenvalue weighted by Gasteiger charge is -2.32. The first kappa shape index (κ1) is 11.6. The van der Waals surface area contributed by atoms with E-state index in [4.69, 9.17) is 16.7 Å². The summed E-state index contributed by atoms with van der Waals surface area (Å²) in [5.41, 5.74) is -0.499. The fraction of sp³-hybridized carbons (Fsp3) is 0.600. The van der Waals surface area contributed by atoms with Crippen LogP contribution >= 0.6 is 11.6 Å². The largest absolute Gasteiger partial charge is 0.373 e. The summed E-state index contributed by atoms with van der Waals surface area (Å²) in [6.07, 6.45) is 3.14. The molecule has 1 saturated heterocycles. The summed E-state index contributed by atoms with van der Waals surface area (Å²) in [4.78, 5) is 12.8. The Bertz CT molecular complexity index is 335. The second-order valence-electron chi connectivity index (χ2n) is 3.94. The number of piperazine rings is 1. The normalized spacial score (nSPS) is 19.8. The van der Waals surface area contributed by atoms with Crippen molar-refractivity contribution in [3.63, 3.8) is 0 Å². The van der Waals surface area contributed by atoms with Gasteiger partial charge in [-0.25, -0.2) is 9.97 Å². The predicted molar refractivity (Wildman–Crippen MR) is 62.6 cm³/mol. The smallest absolute Gasteiger partial charge is 0.225 e. The molecule has 88 valence electrons. The van der Waals surface area contributed by atoms with Crippen LogP contribution in [0.15, 0.2) is 12.4 Å². The monoisotopic (exact) mass is 242 g/mol. The molecular formula is C10H15ClN4O. The number of hydrogen-bond donors (Lipinski definition) is 1. The molecule has 2 rings (SSSR count). The van der Waals surface area contributed by atoms with Gasteiger partial charge in [0.25, 0.3) is 0 Å². The maximum absolute atomic E-state index is 9.12. The molecule has 1 fully saturated rings.